The highest BCUT2D eigenvalue weighted by atomic mass is 15.4. The van der Waals surface area contributed by atoms with Crippen molar-refractivity contribution in [3.8, 4) is 0 Å². The topological polar surface area (TPSA) is 74.5 Å². The van der Waals surface area contributed by atoms with E-state index in [-0.39, 0.29) is 0 Å². The highest BCUT2D eigenvalue weighted by molar-refractivity contribution is 5.19. The van der Waals surface area contributed by atoms with Gasteiger partial charge in [-0.15, -0.1) is 5.10 Å². The van der Waals surface area contributed by atoms with Gasteiger partial charge in [-0.3, -0.25) is 9.36 Å². The minimum atomic E-state index is 0.469. The molecule has 80 valence electrons. The van der Waals surface area contributed by atoms with Crippen LogP contribution in [0.15, 0.2) is 18.6 Å². The number of nitrogen functional groups attached to an aromatic ring is 1. The van der Waals surface area contributed by atoms with E-state index < -0.39 is 0 Å². The van der Waals surface area contributed by atoms with E-state index in [1.54, 1.807) is 10.9 Å². The van der Waals surface area contributed by atoms with Gasteiger partial charge in [-0.1, -0.05) is 5.21 Å². The minimum Gasteiger partial charge on any atom is -0.381 e. The monoisotopic (exact) mass is 206 g/mol. The van der Waals surface area contributed by atoms with Gasteiger partial charge in [0.2, 0.25) is 0 Å². The summed E-state index contributed by atoms with van der Waals surface area (Å²) in [5.41, 5.74) is 6.70. The molecule has 0 unspecified atom stereocenters. The van der Waals surface area contributed by atoms with Crippen LogP contribution < -0.4 is 5.73 Å². The lowest BCUT2D eigenvalue weighted by Crippen LogP contribution is -2.00. The zero-order chi connectivity index (χ0) is 10.7. The van der Waals surface area contributed by atoms with Gasteiger partial charge in [0.25, 0.3) is 0 Å². The minimum absolute atomic E-state index is 0.469. The second-order valence-corrected chi connectivity index (χ2v) is 3.53. The summed E-state index contributed by atoms with van der Waals surface area (Å²) in [7, 11) is 1.92. The van der Waals surface area contributed by atoms with Crippen molar-refractivity contribution < 1.29 is 0 Å². The highest BCUT2D eigenvalue weighted by Crippen LogP contribution is 2.02. The van der Waals surface area contributed by atoms with E-state index in [4.69, 9.17) is 5.73 Å². The van der Waals surface area contributed by atoms with Crippen LogP contribution in [0.5, 0.6) is 0 Å². The Morgan fingerprint density at radius 2 is 2.27 bits per heavy atom. The molecule has 0 amide bonds. The van der Waals surface area contributed by atoms with Crippen LogP contribution >= 0.6 is 0 Å². The largest absolute Gasteiger partial charge is 0.381 e. The zero-order valence-corrected chi connectivity index (χ0v) is 8.67. The predicted octanol–water partition coefficient (Wildman–Crippen LogP) is 0.227. The summed E-state index contributed by atoms with van der Waals surface area (Å²) in [5.74, 6) is 0.469. The maximum Gasteiger partial charge on any atom is 0.165 e. The molecule has 2 rings (SSSR count). The SMILES string of the molecule is Cn1cc(CCCn2cc(N)nn2)cn1. The van der Waals surface area contributed by atoms with Gasteiger partial charge in [-0.2, -0.15) is 5.10 Å². The van der Waals surface area contributed by atoms with Crippen molar-refractivity contribution in [3.63, 3.8) is 0 Å². The standard InChI is InChI=1S/C9H14N6/c1-14-6-8(5-11-14)3-2-4-15-7-9(10)12-13-15/h5-7H,2-4,10H2,1H3. The average molecular weight is 206 g/mol. The molecule has 0 spiro atoms. The molecule has 0 atom stereocenters. The summed E-state index contributed by atoms with van der Waals surface area (Å²) in [6.45, 7) is 0.832. The average Bonchev–Trinajstić information content (AvgIpc) is 2.76. The summed E-state index contributed by atoms with van der Waals surface area (Å²) < 4.78 is 3.56. The Kier molecular flexibility index (Phi) is 2.66. The third-order valence-electron chi connectivity index (χ3n) is 2.17. The van der Waals surface area contributed by atoms with Gasteiger partial charge < -0.3 is 5.73 Å². The fourth-order valence-corrected chi connectivity index (χ4v) is 1.47. The third-order valence-corrected chi connectivity index (χ3v) is 2.17. The molecule has 0 aromatic carbocycles. The first kappa shape index (κ1) is 9.70. The summed E-state index contributed by atoms with van der Waals surface area (Å²) in [6, 6.07) is 0. The van der Waals surface area contributed by atoms with Crippen LogP contribution in [-0.2, 0) is 20.0 Å². The van der Waals surface area contributed by atoms with E-state index in [0.29, 0.717) is 5.82 Å². The number of hydrogen-bond acceptors (Lipinski definition) is 4. The molecule has 0 aliphatic rings. The first-order valence-electron chi connectivity index (χ1n) is 4.87. The van der Waals surface area contributed by atoms with Gasteiger partial charge in [0, 0.05) is 19.8 Å². The fraction of sp³-hybridized carbons (Fsp3) is 0.444. The number of anilines is 1. The number of nitrogens with two attached hydrogens (primary N) is 1. The first-order chi connectivity index (χ1) is 7.24. The van der Waals surface area contributed by atoms with E-state index in [1.807, 2.05) is 24.1 Å². The van der Waals surface area contributed by atoms with Gasteiger partial charge >= 0.3 is 0 Å². The van der Waals surface area contributed by atoms with Crippen LogP contribution in [0.2, 0.25) is 0 Å². The smallest absolute Gasteiger partial charge is 0.165 e. The van der Waals surface area contributed by atoms with Crippen molar-refractivity contribution in [2.45, 2.75) is 19.4 Å². The summed E-state index contributed by atoms with van der Waals surface area (Å²) in [6.07, 6.45) is 7.65. The lowest BCUT2D eigenvalue weighted by molar-refractivity contribution is 0.558. The van der Waals surface area contributed by atoms with Crippen LogP contribution in [0, 0.1) is 0 Å². The second kappa shape index (κ2) is 4.12. The molecule has 0 saturated carbocycles. The van der Waals surface area contributed by atoms with E-state index >= 15 is 0 Å². The van der Waals surface area contributed by atoms with Crippen molar-refractivity contribution in [1.82, 2.24) is 24.8 Å². The molecule has 2 aromatic heterocycles. The Bertz CT molecular complexity index is 389. The molecule has 2 aromatic rings. The highest BCUT2D eigenvalue weighted by Gasteiger charge is 1.98. The van der Waals surface area contributed by atoms with Gasteiger partial charge in [-0.25, -0.2) is 0 Å². The van der Waals surface area contributed by atoms with Crippen LogP contribution in [0.3, 0.4) is 0 Å². The summed E-state index contributed by atoms with van der Waals surface area (Å²) in [5, 5.41) is 11.7. The van der Waals surface area contributed by atoms with Crippen molar-refractivity contribution in [2.75, 3.05) is 5.73 Å². The number of aromatic nitrogens is 5. The molecule has 0 saturated heterocycles. The molecule has 0 aliphatic carbocycles. The zero-order valence-electron chi connectivity index (χ0n) is 8.67. The molecular weight excluding hydrogens is 192 g/mol. The fourth-order valence-electron chi connectivity index (χ4n) is 1.47. The Morgan fingerprint density at radius 3 is 2.87 bits per heavy atom. The molecule has 0 fully saturated rings. The van der Waals surface area contributed by atoms with E-state index in [0.717, 1.165) is 19.4 Å². The van der Waals surface area contributed by atoms with Crippen LogP contribution in [-0.4, -0.2) is 24.8 Å². The normalized spacial score (nSPS) is 10.7. The third kappa shape index (κ3) is 2.55. The Morgan fingerprint density at radius 1 is 1.40 bits per heavy atom. The maximum atomic E-state index is 5.46. The van der Waals surface area contributed by atoms with Crippen LogP contribution in [0.25, 0.3) is 0 Å². The molecule has 0 aliphatic heterocycles. The van der Waals surface area contributed by atoms with Crippen LogP contribution in [0.1, 0.15) is 12.0 Å². The number of aryl methyl sites for hydroxylation is 3. The quantitative estimate of drug-likeness (QED) is 0.776. The molecule has 0 bridgehead atoms. The number of rotatable bonds is 4. The first-order valence-corrected chi connectivity index (χ1v) is 4.87. The summed E-state index contributed by atoms with van der Waals surface area (Å²) >= 11 is 0. The van der Waals surface area contributed by atoms with Gasteiger partial charge in [-0.05, 0) is 18.4 Å². The summed E-state index contributed by atoms with van der Waals surface area (Å²) in [4.78, 5) is 0. The lowest BCUT2D eigenvalue weighted by Gasteiger charge is -1.97. The van der Waals surface area contributed by atoms with Crippen molar-refractivity contribution in [3.05, 3.63) is 24.2 Å². The van der Waals surface area contributed by atoms with Gasteiger partial charge in [0.15, 0.2) is 5.82 Å². The Balaban J connectivity index is 1.80. The Hall–Kier alpha value is -1.85. The Labute approximate surface area is 87.7 Å². The number of nitrogens with zero attached hydrogens (tertiary/aromatic N) is 5. The van der Waals surface area contributed by atoms with Crippen molar-refractivity contribution in [2.24, 2.45) is 7.05 Å². The van der Waals surface area contributed by atoms with E-state index in [1.165, 1.54) is 5.56 Å². The van der Waals surface area contributed by atoms with Crippen LogP contribution in [0.4, 0.5) is 5.82 Å². The maximum absolute atomic E-state index is 5.46. The molecule has 0 radical (unpaired) electrons. The molecule has 2 N–H and O–H groups in total. The van der Waals surface area contributed by atoms with Gasteiger partial charge in [0.05, 0.1) is 12.4 Å². The van der Waals surface area contributed by atoms with Crippen molar-refractivity contribution in [1.29, 1.82) is 0 Å². The lowest BCUT2D eigenvalue weighted by atomic mass is 10.2. The molecular formula is C9H14N6. The van der Waals surface area contributed by atoms with E-state index in [2.05, 4.69) is 15.4 Å². The molecule has 15 heavy (non-hydrogen) atoms. The predicted molar refractivity (Wildman–Crippen MR) is 56.0 cm³/mol. The van der Waals surface area contributed by atoms with Gasteiger partial charge in [0.1, 0.15) is 0 Å². The number of hydrogen-bond donors (Lipinski definition) is 1. The molecule has 2 heterocycles. The van der Waals surface area contributed by atoms with E-state index in [9.17, 15) is 0 Å². The van der Waals surface area contributed by atoms with Crippen molar-refractivity contribution >= 4 is 5.82 Å². The molecule has 6 heteroatoms. The molecule has 6 nitrogen and oxygen atoms in total. The second-order valence-electron chi connectivity index (χ2n) is 3.53.